The molecule has 5 heteroatoms. The van der Waals surface area contributed by atoms with Crippen LogP contribution in [-0.2, 0) is 11.3 Å². The van der Waals surface area contributed by atoms with Gasteiger partial charge in [0.05, 0.1) is 6.33 Å². The molecule has 0 saturated heterocycles. The molecule has 19 heavy (non-hydrogen) atoms. The monoisotopic (exact) mass is 277 g/mol. The van der Waals surface area contributed by atoms with Crippen LogP contribution in [0.15, 0.2) is 43.0 Å². The highest BCUT2D eigenvalue weighted by Crippen LogP contribution is 2.13. The van der Waals surface area contributed by atoms with Crippen LogP contribution in [0.4, 0.5) is 5.69 Å². The van der Waals surface area contributed by atoms with Crippen molar-refractivity contribution < 1.29 is 4.79 Å². The smallest absolute Gasteiger partial charge is 0.228 e. The van der Waals surface area contributed by atoms with Gasteiger partial charge in [-0.3, -0.25) is 4.79 Å². The van der Waals surface area contributed by atoms with Gasteiger partial charge in [0, 0.05) is 36.4 Å². The summed E-state index contributed by atoms with van der Waals surface area (Å²) >= 11 is 5.67. The van der Waals surface area contributed by atoms with Crippen LogP contribution in [0.2, 0.25) is 0 Å². The standard InChI is InChI=1S/C14H16ClN3O/c1-11(8-15)14(19)17-13-4-2-3-12(7-13)9-18-6-5-16-10-18/h2-7,10-11H,8-9H2,1H3,(H,17,19). The Hall–Kier alpha value is -1.81. The normalized spacial score (nSPS) is 12.1. The first-order chi connectivity index (χ1) is 9.19. The van der Waals surface area contributed by atoms with E-state index in [1.54, 1.807) is 19.4 Å². The fraction of sp³-hybridized carbons (Fsp3) is 0.286. The maximum absolute atomic E-state index is 11.8. The number of benzene rings is 1. The molecule has 1 N–H and O–H groups in total. The van der Waals surface area contributed by atoms with E-state index >= 15 is 0 Å². The van der Waals surface area contributed by atoms with Crippen LogP contribution in [0.5, 0.6) is 0 Å². The first-order valence-corrected chi connectivity index (χ1v) is 6.64. The van der Waals surface area contributed by atoms with E-state index in [-0.39, 0.29) is 11.8 Å². The molecule has 0 radical (unpaired) electrons. The molecule has 1 heterocycles. The minimum atomic E-state index is -0.195. The highest BCUT2D eigenvalue weighted by atomic mass is 35.5. The third-order valence-electron chi connectivity index (χ3n) is 2.80. The van der Waals surface area contributed by atoms with E-state index in [2.05, 4.69) is 10.3 Å². The molecule has 1 aromatic carbocycles. The number of halogens is 1. The van der Waals surface area contributed by atoms with Gasteiger partial charge >= 0.3 is 0 Å². The fourth-order valence-electron chi connectivity index (χ4n) is 1.67. The molecule has 0 spiro atoms. The van der Waals surface area contributed by atoms with Crippen molar-refractivity contribution in [3.8, 4) is 0 Å². The average molecular weight is 278 g/mol. The van der Waals surface area contributed by atoms with E-state index in [4.69, 9.17) is 11.6 Å². The van der Waals surface area contributed by atoms with Gasteiger partial charge in [0.2, 0.25) is 5.91 Å². The summed E-state index contributed by atoms with van der Waals surface area (Å²) in [6.45, 7) is 2.53. The molecule has 2 aromatic rings. The molecule has 0 aliphatic carbocycles. The Morgan fingerprint density at radius 3 is 3.05 bits per heavy atom. The topological polar surface area (TPSA) is 46.9 Å². The minimum absolute atomic E-state index is 0.0604. The number of carbonyl (C=O) groups excluding carboxylic acids is 1. The molecule has 1 aromatic heterocycles. The number of amides is 1. The van der Waals surface area contributed by atoms with Crippen molar-refractivity contribution in [1.82, 2.24) is 9.55 Å². The third-order valence-corrected chi connectivity index (χ3v) is 3.26. The lowest BCUT2D eigenvalue weighted by molar-refractivity contribution is -0.118. The lowest BCUT2D eigenvalue weighted by Gasteiger charge is -2.10. The number of hydrogen-bond acceptors (Lipinski definition) is 2. The van der Waals surface area contributed by atoms with Crippen molar-refractivity contribution in [2.75, 3.05) is 11.2 Å². The summed E-state index contributed by atoms with van der Waals surface area (Å²) in [7, 11) is 0. The molecule has 2 rings (SSSR count). The minimum Gasteiger partial charge on any atom is -0.333 e. The molecule has 100 valence electrons. The molecule has 0 saturated carbocycles. The molecule has 0 aliphatic heterocycles. The van der Waals surface area contributed by atoms with E-state index in [1.165, 1.54) is 0 Å². The quantitative estimate of drug-likeness (QED) is 0.854. The lowest BCUT2D eigenvalue weighted by Crippen LogP contribution is -2.21. The van der Waals surface area contributed by atoms with Crippen LogP contribution in [-0.4, -0.2) is 21.3 Å². The van der Waals surface area contributed by atoms with Crippen molar-refractivity contribution in [3.63, 3.8) is 0 Å². The Morgan fingerprint density at radius 1 is 1.53 bits per heavy atom. The third kappa shape index (κ3) is 3.83. The highest BCUT2D eigenvalue weighted by Gasteiger charge is 2.11. The number of rotatable bonds is 5. The van der Waals surface area contributed by atoms with E-state index in [0.29, 0.717) is 5.88 Å². The number of alkyl halides is 1. The molecular weight excluding hydrogens is 262 g/mol. The average Bonchev–Trinajstić information content (AvgIpc) is 2.91. The van der Waals surface area contributed by atoms with Crippen molar-refractivity contribution in [3.05, 3.63) is 48.5 Å². The summed E-state index contributed by atoms with van der Waals surface area (Å²) in [4.78, 5) is 15.8. The lowest BCUT2D eigenvalue weighted by atomic mass is 10.1. The largest absolute Gasteiger partial charge is 0.333 e. The number of anilines is 1. The predicted octanol–water partition coefficient (Wildman–Crippen LogP) is 2.74. The molecule has 0 bridgehead atoms. The first kappa shape index (κ1) is 13.6. The van der Waals surface area contributed by atoms with Crippen LogP contribution in [0, 0.1) is 5.92 Å². The zero-order chi connectivity index (χ0) is 13.7. The Labute approximate surface area is 117 Å². The fourth-order valence-corrected chi connectivity index (χ4v) is 1.81. The number of imidazole rings is 1. The second-order valence-corrected chi connectivity index (χ2v) is 4.79. The Balaban J connectivity index is 2.05. The summed E-state index contributed by atoms with van der Waals surface area (Å²) in [5.74, 6) is 0.0642. The van der Waals surface area contributed by atoms with Gasteiger partial charge in [-0.25, -0.2) is 4.98 Å². The van der Waals surface area contributed by atoms with Gasteiger partial charge in [0.15, 0.2) is 0 Å². The Morgan fingerprint density at radius 2 is 2.37 bits per heavy atom. The molecule has 0 aliphatic rings. The zero-order valence-electron chi connectivity index (χ0n) is 10.7. The highest BCUT2D eigenvalue weighted by molar-refractivity contribution is 6.19. The molecule has 1 atom stereocenters. The number of carbonyl (C=O) groups is 1. The second-order valence-electron chi connectivity index (χ2n) is 4.48. The predicted molar refractivity (Wildman–Crippen MR) is 76.3 cm³/mol. The second kappa shape index (κ2) is 6.38. The number of nitrogens with zero attached hydrogens (tertiary/aromatic N) is 2. The van der Waals surface area contributed by atoms with Gasteiger partial charge in [0.25, 0.3) is 0 Å². The van der Waals surface area contributed by atoms with E-state index < -0.39 is 0 Å². The molecule has 1 unspecified atom stereocenters. The molecule has 4 nitrogen and oxygen atoms in total. The first-order valence-electron chi connectivity index (χ1n) is 6.10. The van der Waals surface area contributed by atoms with Crippen LogP contribution in [0.3, 0.4) is 0 Å². The number of hydrogen-bond donors (Lipinski definition) is 1. The molecule has 1 amide bonds. The molecule has 0 fully saturated rings. The molecular formula is C14H16ClN3O. The van der Waals surface area contributed by atoms with Crippen LogP contribution < -0.4 is 5.32 Å². The van der Waals surface area contributed by atoms with Gasteiger partial charge in [-0.2, -0.15) is 0 Å². The van der Waals surface area contributed by atoms with Gasteiger partial charge in [0.1, 0.15) is 0 Å². The van der Waals surface area contributed by atoms with Crippen molar-refractivity contribution in [2.24, 2.45) is 5.92 Å². The summed E-state index contributed by atoms with van der Waals surface area (Å²) in [6.07, 6.45) is 5.41. The van der Waals surface area contributed by atoms with Crippen LogP contribution in [0.25, 0.3) is 0 Å². The van der Waals surface area contributed by atoms with E-state index in [1.807, 2.05) is 35.0 Å². The maximum atomic E-state index is 11.8. The van der Waals surface area contributed by atoms with Gasteiger partial charge in [-0.15, -0.1) is 11.6 Å². The van der Waals surface area contributed by atoms with Crippen LogP contribution >= 0.6 is 11.6 Å². The van der Waals surface area contributed by atoms with Gasteiger partial charge < -0.3 is 9.88 Å². The van der Waals surface area contributed by atoms with Gasteiger partial charge in [-0.1, -0.05) is 19.1 Å². The SMILES string of the molecule is CC(CCl)C(=O)Nc1cccc(Cn2ccnc2)c1. The van der Waals surface area contributed by atoms with E-state index in [9.17, 15) is 4.79 Å². The Kier molecular flexibility index (Phi) is 4.58. The van der Waals surface area contributed by atoms with Crippen molar-refractivity contribution in [1.29, 1.82) is 0 Å². The van der Waals surface area contributed by atoms with Crippen molar-refractivity contribution in [2.45, 2.75) is 13.5 Å². The van der Waals surface area contributed by atoms with Gasteiger partial charge in [-0.05, 0) is 17.7 Å². The Bertz CT molecular complexity index is 539. The van der Waals surface area contributed by atoms with Crippen molar-refractivity contribution >= 4 is 23.2 Å². The summed E-state index contributed by atoms with van der Waals surface area (Å²) in [6, 6.07) is 7.77. The number of aromatic nitrogens is 2. The summed E-state index contributed by atoms with van der Waals surface area (Å²) in [5.41, 5.74) is 1.90. The maximum Gasteiger partial charge on any atom is 0.228 e. The van der Waals surface area contributed by atoms with Crippen LogP contribution in [0.1, 0.15) is 12.5 Å². The summed E-state index contributed by atoms with van der Waals surface area (Å²) < 4.78 is 1.97. The number of nitrogens with one attached hydrogen (secondary N) is 1. The zero-order valence-corrected chi connectivity index (χ0v) is 11.5. The summed E-state index contributed by atoms with van der Waals surface area (Å²) in [5, 5.41) is 2.86. The van der Waals surface area contributed by atoms with E-state index in [0.717, 1.165) is 17.8 Å².